The van der Waals surface area contributed by atoms with Gasteiger partial charge < -0.3 is 15.4 Å². The Labute approximate surface area is 176 Å². The van der Waals surface area contributed by atoms with Crippen LogP contribution in [0, 0.1) is 5.41 Å². The Morgan fingerprint density at radius 1 is 1.19 bits per heavy atom. The molecule has 1 aromatic carbocycles. The van der Waals surface area contributed by atoms with Gasteiger partial charge in [0.05, 0.1) is 12.1 Å². The van der Waals surface area contributed by atoms with Crippen LogP contribution in [0.1, 0.15) is 43.7 Å². The summed E-state index contributed by atoms with van der Waals surface area (Å²) in [4.78, 5) is 4.50. The number of hydrogen-bond donors (Lipinski definition) is 2. The van der Waals surface area contributed by atoms with Crippen molar-refractivity contribution in [3.63, 3.8) is 0 Å². The minimum absolute atomic E-state index is 0. The number of methoxy groups -OCH3 is 1. The quantitative estimate of drug-likeness (QED) is 0.313. The molecule has 0 spiro atoms. The summed E-state index contributed by atoms with van der Waals surface area (Å²) in [5.41, 5.74) is 0.369. The van der Waals surface area contributed by atoms with Gasteiger partial charge >= 0.3 is 6.18 Å². The number of nitrogens with one attached hydrogen (secondary N) is 2. The lowest BCUT2D eigenvalue weighted by Crippen LogP contribution is -2.46. The molecule has 0 radical (unpaired) electrons. The smallest absolute Gasteiger partial charge is 0.385 e. The molecule has 0 heterocycles. The highest BCUT2D eigenvalue weighted by atomic mass is 127. The molecule has 4 nitrogen and oxygen atoms in total. The molecule has 0 aliphatic heterocycles. The van der Waals surface area contributed by atoms with E-state index in [1.54, 1.807) is 7.11 Å². The van der Waals surface area contributed by atoms with Crippen molar-refractivity contribution in [2.75, 3.05) is 26.8 Å². The van der Waals surface area contributed by atoms with Crippen molar-refractivity contribution >= 4 is 29.9 Å². The number of hydrogen-bond acceptors (Lipinski definition) is 2. The average Bonchev–Trinajstić information content (AvgIpc) is 2.58. The van der Waals surface area contributed by atoms with E-state index in [4.69, 9.17) is 4.74 Å². The van der Waals surface area contributed by atoms with Gasteiger partial charge in [-0.15, -0.1) is 24.0 Å². The third kappa shape index (κ3) is 7.48. The number of halogens is 4. The largest absolute Gasteiger partial charge is 0.416 e. The maximum Gasteiger partial charge on any atom is 0.416 e. The van der Waals surface area contributed by atoms with Crippen molar-refractivity contribution in [2.45, 2.75) is 45.3 Å². The number of ether oxygens (including phenoxy) is 1. The molecular formula is C19H29F3IN3O. The lowest BCUT2D eigenvalue weighted by Gasteiger charge is -2.42. The molecule has 154 valence electrons. The van der Waals surface area contributed by atoms with Crippen LogP contribution in [0.4, 0.5) is 13.2 Å². The first-order chi connectivity index (χ1) is 12.4. The van der Waals surface area contributed by atoms with Gasteiger partial charge in [-0.25, -0.2) is 4.99 Å². The molecule has 0 saturated heterocycles. The third-order valence-electron chi connectivity index (χ3n) is 4.93. The third-order valence-corrected chi connectivity index (χ3v) is 4.93. The Morgan fingerprint density at radius 2 is 1.85 bits per heavy atom. The summed E-state index contributed by atoms with van der Waals surface area (Å²) in [5.74, 6) is 0.691. The van der Waals surface area contributed by atoms with Crippen LogP contribution in [0.5, 0.6) is 0 Å². The van der Waals surface area contributed by atoms with Gasteiger partial charge in [0.1, 0.15) is 0 Å². The molecule has 1 saturated carbocycles. The SMILES string of the molecule is CCNC(=NCc1ccc(C(F)(F)F)cc1)NCC1(CCOC)CCC1.I. The van der Waals surface area contributed by atoms with Crippen LogP contribution in [-0.2, 0) is 17.5 Å². The van der Waals surface area contributed by atoms with Crippen molar-refractivity contribution in [2.24, 2.45) is 10.4 Å². The predicted molar refractivity (Wildman–Crippen MR) is 112 cm³/mol. The fourth-order valence-electron chi connectivity index (χ4n) is 3.09. The lowest BCUT2D eigenvalue weighted by molar-refractivity contribution is -0.137. The standard InChI is InChI=1S/C19H28F3N3O.HI/c1-3-23-17(25-14-18(9-4-10-18)11-12-26-2)24-13-15-5-7-16(8-6-15)19(20,21)22;/h5-8H,3-4,9-14H2,1-2H3,(H2,23,24,25);1H. The van der Waals surface area contributed by atoms with E-state index in [1.807, 2.05) is 6.92 Å². The molecule has 1 fully saturated rings. The molecule has 1 aliphatic carbocycles. The monoisotopic (exact) mass is 499 g/mol. The minimum Gasteiger partial charge on any atom is -0.385 e. The summed E-state index contributed by atoms with van der Waals surface area (Å²) in [6.45, 7) is 4.62. The van der Waals surface area contributed by atoms with E-state index >= 15 is 0 Å². The Hall–Kier alpha value is -1.03. The second kappa shape index (κ2) is 11.1. The molecule has 2 rings (SSSR count). The van der Waals surface area contributed by atoms with Gasteiger partial charge in [-0.2, -0.15) is 13.2 Å². The zero-order valence-corrected chi connectivity index (χ0v) is 18.2. The normalized spacial score (nSPS) is 16.3. The van der Waals surface area contributed by atoms with Crippen LogP contribution >= 0.6 is 24.0 Å². The van der Waals surface area contributed by atoms with E-state index < -0.39 is 11.7 Å². The zero-order valence-electron chi connectivity index (χ0n) is 15.9. The molecule has 0 bridgehead atoms. The van der Waals surface area contributed by atoms with Gasteiger partial charge in [-0.3, -0.25) is 0 Å². The molecular weight excluding hydrogens is 470 g/mol. The summed E-state index contributed by atoms with van der Waals surface area (Å²) >= 11 is 0. The Balaban J connectivity index is 0.00000364. The molecule has 0 amide bonds. The zero-order chi connectivity index (χ0) is 19.0. The van der Waals surface area contributed by atoms with Gasteiger partial charge in [0, 0.05) is 26.8 Å². The minimum atomic E-state index is -4.31. The summed E-state index contributed by atoms with van der Waals surface area (Å²) in [6, 6.07) is 5.14. The summed E-state index contributed by atoms with van der Waals surface area (Å²) in [6.07, 6.45) is 0.320. The molecule has 1 aromatic rings. The first-order valence-electron chi connectivity index (χ1n) is 9.06. The first-order valence-corrected chi connectivity index (χ1v) is 9.06. The summed E-state index contributed by atoms with van der Waals surface area (Å²) in [7, 11) is 1.72. The van der Waals surface area contributed by atoms with Gasteiger partial charge in [-0.1, -0.05) is 18.6 Å². The van der Waals surface area contributed by atoms with Crippen molar-refractivity contribution in [3.05, 3.63) is 35.4 Å². The van der Waals surface area contributed by atoms with E-state index in [2.05, 4.69) is 15.6 Å². The van der Waals surface area contributed by atoms with Gasteiger partial charge in [0.2, 0.25) is 0 Å². The Bertz CT molecular complexity index is 587. The highest BCUT2D eigenvalue weighted by Crippen LogP contribution is 2.43. The first kappa shape index (κ1) is 24.0. The second-order valence-corrected chi connectivity index (χ2v) is 6.84. The molecule has 2 N–H and O–H groups in total. The Kier molecular flexibility index (Phi) is 9.86. The average molecular weight is 499 g/mol. The number of nitrogens with zero attached hydrogens (tertiary/aromatic N) is 1. The summed E-state index contributed by atoms with van der Waals surface area (Å²) in [5, 5.41) is 6.57. The van der Waals surface area contributed by atoms with Crippen molar-refractivity contribution < 1.29 is 17.9 Å². The van der Waals surface area contributed by atoms with Gasteiger partial charge in [0.25, 0.3) is 0 Å². The molecule has 0 unspecified atom stereocenters. The Morgan fingerprint density at radius 3 is 2.33 bits per heavy atom. The molecule has 0 atom stereocenters. The number of alkyl halides is 3. The summed E-state index contributed by atoms with van der Waals surface area (Å²) < 4.78 is 43.1. The highest BCUT2D eigenvalue weighted by molar-refractivity contribution is 14.0. The van der Waals surface area contributed by atoms with Crippen molar-refractivity contribution in [1.29, 1.82) is 0 Å². The van der Waals surface area contributed by atoms with Crippen molar-refractivity contribution in [3.8, 4) is 0 Å². The number of aliphatic imine (C=N–C) groups is 1. The van der Waals surface area contributed by atoms with Gasteiger partial charge in [0.15, 0.2) is 5.96 Å². The van der Waals surface area contributed by atoms with Crippen molar-refractivity contribution in [1.82, 2.24) is 10.6 Å². The molecule has 27 heavy (non-hydrogen) atoms. The van der Waals surface area contributed by atoms with E-state index in [0.717, 1.165) is 43.8 Å². The fourth-order valence-corrected chi connectivity index (χ4v) is 3.09. The van der Waals surface area contributed by atoms with Crippen LogP contribution < -0.4 is 10.6 Å². The van der Waals surface area contributed by atoms with Crippen LogP contribution in [0.15, 0.2) is 29.3 Å². The highest BCUT2D eigenvalue weighted by Gasteiger charge is 2.36. The van der Waals surface area contributed by atoms with Crippen LogP contribution in [-0.4, -0.2) is 32.8 Å². The van der Waals surface area contributed by atoms with E-state index in [1.165, 1.54) is 31.4 Å². The number of guanidine groups is 1. The predicted octanol–water partition coefficient (Wildman–Crippen LogP) is 4.59. The molecule has 1 aliphatic rings. The van der Waals surface area contributed by atoms with Crippen LogP contribution in [0.3, 0.4) is 0 Å². The van der Waals surface area contributed by atoms with Crippen LogP contribution in [0.2, 0.25) is 0 Å². The fraction of sp³-hybridized carbons (Fsp3) is 0.632. The second-order valence-electron chi connectivity index (χ2n) is 6.84. The molecule has 8 heteroatoms. The maximum absolute atomic E-state index is 12.6. The van der Waals surface area contributed by atoms with Crippen LogP contribution in [0.25, 0.3) is 0 Å². The lowest BCUT2D eigenvalue weighted by atomic mass is 9.67. The number of rotatable bonds is 8. The van der Waals surface area contributed by atoms with Gasteiger partial charge in [-0.05, 0) is 49.3 Å². The van der Waals surface area contributed by atoms with E-state index in [9.17, 15) is 13.2 Å². The van der Waals surface area contributed by atoms with E-state index in [-0.39, 0.29) is 29.4 Å². The maximum atomic E-state index is 12.6. The van der Waals surface area contributed by atoms with E-state index in [0.29, 0.717) is 12.5 Å². The topological polar surface area (TPSA) is 45.7 Å². The number of benzene rings is 1. The molecule has 0 aromatic heterocycles.